The van der Waals surface area contributed by atoms with E-state index in [4.69, 9.17) is 14.2 Å². The van der Waals surface area contributed by atoms with E-state index in [0.29, 0.717) is 23.7 Å². The molecule has 0 saturated heterocycles. The molecule has 0 aliphatic rings. The number of aldehydes is 1. The van der Waals surface area contributed by atoms with Gasteiger partial charge >= 0.3 is 0 Å². The Morgan fingerprint density at radius 2 is 1.76 bits per heavy atom. The maximum atomic E-state index is 10.8. The first-order valence-electron chi connectivity index (χ1n) is 5.09. The first-order valence-corrected chi connectivity index (χ1v) is 6.08. The van der Waals surface area contributed by atoms with Gasteiger partial charge in [0.15, 0.2) is 0 Å². The molecule has 1 rings (SSSR count). The average molecular weight is 256 g/mol. The van der Waals surface area contributed by atoms with Crippen molar-refractivity contribution in [2.75, 3.05) is 33.7 Å². The Labute approximate surface area is 105 Å². The summed E-state index contributed by atoms with van der Waals surface area (Å²) in [4.78, 5) is 11.7. The molecule has 17 heavy (non-hydrogen) atoms. The second-order valence-corrected chi connectivity index (χ2v) is 4.32. The fourth-order valence-electron chi connectivity index (χ4n) is 1.34. The topological polar surface area (TPSA) is 44.8 Å². The van der Waals surface area contributed by atoms with Crippen LogP contribution in [0.2, 0.25) is 0 Å². The number of rotatable bonds is 7. The monoisotopic (exact) mass is 256 g/mol. The van der Waals surface area contributed by atoms with Gasteiger partial charge in [-0.25, -0.2) is 0 Å². The molecule has 5 heteroatoms. The number of hydrogen-bond acceptors (Lipinski definition) is 5. The van der Waals surface area contributed by atoms with Crippen molar-refractivity contribution < 1.29 is 19.0 Å². The van der Waals surface area contributed by atoms with E-state index < -0.39 is 0 Å². The predicted octanol–water partition coefficient (Wildman–Crippen LogP) is 2.25. The number of methoxy groups -OCH3 is 3. The molecule has 0 amide bonds. The molecule has 0 radical (unpaired) electrons. The van der Waals surface area contributed by atoms with Crippen LogP contribution in [0.25, 0.3) is 0 Å². The second kappa shape index (κ2) is 7.19. The molecular weight excluding hydrogens is 240 g/mol. The number of hydrogen-bond donors (Lipinski definition) is 0. The van der Waals surface area contributed by atoms with Crippen molar-refractivity contribution in [1.29, 1.82) is 0 Å². The Morgan fingerprint density at radius 3 is 2.18 bits per heavy atom. The van der Waals surface area contributed by atoms with Crippen LogP contribution in [0.5, 0.6) is 11.5 Å². The van der Waals surface area contributed by atoms with Crippen molar-refractivity contribution in [2.45, 2.75) is 4.90 Å². The van der Waals surface area contributed by atoms with Gasteiger partial charge < -0.3 is 14.2 Å². The van der Waals surface area contributed by atoms with Gasteiger partial charge in [0.2, 0.25) is 0 Å². The van der Waals surface area contributed by atoms with Gasteiger partial charge in [-0.1, -0.05) is 0 Å². The van der Waals surface area contributed by atoms with Crippen LogP contribution in [-0.2, 0) is 4.74 Å². The third-order valence-corrected chi connectivity index (χ3v) is 3.21. The molecule has 0 heterocycles. The fraction of sp³-hybridized carbons (Fsp3) is 0.417. The van der Waals surface area contributed by atoms with Crippen LogP contribution in [-0.4, -0.2) is 40.0 Å². The molecule has 4 nitrogen and oxygen atoms in total. The van der Waals surface area contributed by atoms with E-state index in [2.05, 4.69) is 0 Å². The molecular formula is C12H16O4S. The molecule has 0 aromatic heterocycles. The molecule has 0 bridgehead atoms. The molecule has 0 aliphatic carbocycles. The van der Waals surface area contributed by atoms with Gasteiger partial charge in [0, 0.05) is 18.4 Å². The lowest BCUT2D eigenvalue weighted by atomic mass is 10.2. The summed E-state index contributed by atoms with van der Waals surface area (Å²) in [6, 6.07) is 3.40. The summed E-state index contributed by atoms with van der Waals surface area (Å²) in [7, 11) is 4.80. The summed E-state index contributed by atoms with van der Waals surface area (Å²) < 4.78 is 15.5. The smallest absolute Gasteiger partial charge is 0.150 e. The predicted molar refractivity (Wildman–Crippen MR) is 67.5 cm³/mol. The van der Waals surface area contributed by atoms with Gasteiger partial charge in [-0.05, 0) is 12.1 Å². The van der Waals surface area contributed by atoms with Crippen molar-refractivity contribution in [3.63, 3.8) is 0 Å². The molecule has 0 N–H and O–H groups in total. The van der Waals surface area contributed by atoms with Crippen LogP contribution >= 0.6 is 11.8 Å². The van der Waals surface area contributed by atoms with Crippen molar-refractivity contribution in [2.24, 2.45) is 0 Å². The molecule has 0 atom stereocenters. The quantitative estimate of drug-likeness (QED) is 0.425. The molecule has 1 aromatic rings. The van der Waals surface area contributed by atoms with Crippen LogP contribution in [0.3, 0.4) is 0 Å². The number of ether oxygens (including phenoxy) is 3. The molecule has 1 aromatic carbocycles. The van der Waals surface area contributed by atoms with Crippen LogP contribution in [0, 0.1) is 0 Å². The lowest BCUT2D eigenvalue weighted by molar-refractivity contribution is 0.112. The maximum absolute atomic E-state index is 10.8. The standard InChI is InChI=1S/C12H16O4S/c1-14-4-5-17-12-10(15-2)6-9(8-13)7-11(12)16-3/h6-8H,4-5H2,1-3H3. The summed E-state index contributed by atoms with van der Waals surface area (Å²) >= 11 is 1.58. The van der Waals surface area contributed by atoms with E-state index in [1.807, 2.05) is 0 Å². The van der Waals surface area contributed by atoms with Crippen molar-refractivity contribution in [3.05, 3.63) is 17.7 Å². The van der Waals surface area contributed by atoms with Crippen molar-refractivity contribution in [1.82, 2.24) is 0 Å². The van der Waals surface area contributed by atoms with Crippen LogP contribution in [0.15, 0.2) is 17.0 Å². The highest BCUT2D eigenvalue weighted by Gasteiger charge is 2.12. The minimum Gasteiger partial charge on any atom is -0.495 e. The summed E-state index contributed by atoms with van der Waals surface area (Å²) in [6.45, 7) is 0.645. The molecule has 0 fully saturated rings. The van der Waals surface area contributed by atoms with Crippen LogP contribution in [0.4, 0.5) is 0 Å². The SMILES string of the molecule is COCCSc1c(OC)cc(C=O)cc1OC. The number of carbonyl (C=O) groups is 1. The molecule has 94 valence electrons. The third-order valence-electron chi connectivity index (χ3n) is 2.15. The van der Waals surface area contributed by atoms with E-state index in [-0.39, 0.29) is 0 Å². The minimum absolute atomic E-state index is 0.537. The first kappa shape index (κ1) is 13.9. The highest BCUT2D eigenvalue weighted by molar-refractivity contribution is 7.99. The third kappa shape index (κ3) is 3.64. The summed E-state index contributed by atoms with van der Waals surface area (Å²) in [6.07, 6.45) is 0.772. The van der Waals surface area contributed by atoms with E-state index in [9.17, 15) is 4.79 Å². The van der Waals surface area contributed by atoms with Crippen molar-refractivity contribution >= 4 is 18.0 Å². The molecule has 0 saturated carbocycles. The zero-order valence-corrected chi connectivity index (χ0v) is 11.0. The molecule has 0 spiro atoms. The average Bonchev–Trinajstić information content (AvgIpc) is 2.38. The first-order chi connectivity index (χ1) is 8.26. The van der Waals surface area contributed by atoms with E-state index in [0.717, 1.165) is 16.9 Å². The Morgan fingerprint density at radius 1 is 1.18 bits per heavy atom. The Bertz CT molecular complexity index is 354. The second-order valence-electron chi connectivity index (χ2n) is 3.21. The van der Waals surface area contributed by atoms with Crippen molar-refractivity contribution in [3.8, 4) is 11.5 Å². The zero-order valence-electron chi connectivity index (χ0n) is 10.2. The van der Waals surface area contributed by atoms with E-state index in [1.165, 1.54) is 0 Å². The largest absolute Gasteiger partial charge is 0.495 e. The summed E-state index contributed by atoms with van der Waals surface area (Å²) in [5.41, 5.74) is 0.537. The highest BCUT2D eigenvalue weighted by Crippen LogP contribution is 2.38. The van der Waals surface area contributed by atoms with Gasteiger partial charge in [-0.15, -0.1) is 11.8 Å². The Balaban J connectivity index is 3.01. The molecule has 0 aliphatic heterocycles. The maximum Gasteiger partial charge on any atom is 0.150 e. The van der Waals surface area contributed by atoms with Gasteiger partial charge in [-0.2, -0.15) is 0 Å². The van der Waals surface area contributed by atoms with Gasteiger partial charge in [0.05, 0.1) is 25.7 Å². The Kier molecular flexibility index (Phi) is 5.86. The van der Waals surface area contributed by atoms with E-state index >= 15 is 0 Å². The van der Waals surface area contributed by atoms with Gasteiger partial charge in [-0.3, -0.25) is 4.79 Å². The zero-order chi connectivity index (χ0) is 12.7. The van der Waals surface area contributed by atoms with Gasteiger partial charge in [0.25, 0.3) is 0 Å². The minimum atomic E-state index is 0.537. The Hall–Kier alpha value is -1.20. The number of thioether (sulfide) groups is 1. The van der Waals surface area contributed by atoms with Crippen LogP contribution < -0.4 is 9.47 Å². The number of benzene rings is 1. The summed E-state index contributed by atoms with van der Waals surface area (Å²) in [5, 5.41) is 0. The van der Waals surface area contributed by atoms with Crippen LogP contribution in [0.1, 0.15) is 10.4 Å². The van der Waals surface area contributed by atoms with Gasteiger partial charge in [0.1, 0.15) is 17.8 Å². The lowest BCUT2D eigenvalue weighted by Crippen LogP contribution is -1.97. The van der Waals surface area contributed by atoms with E-state index in [1.54, 1.807) is 45.2 Å². The number of carbonyl (C=O) groups excluding carboxylic acids is 1. The normalized spacial score (nSPS) is 10.1. The lowest BCUT2D eigenvalue weighted by Gasteiger charge is -2.13. The molecule has 0 unspecified atom stereocenters. The summed E-state index contributed by atoms with van der Waals surface area (Å²) in [5.74, 6) is 2.09. The highest BCUT2D eigenvalue weighted by atomic mass is 32.2. The fourth-order valence-corrected chi connectivity index (χ4v) is 2.36.